The minimum absolute atomic E-state index is 0.137. The van der Waals surface area contributed by atoms with Crippen LogP contribution in [-0.4, -0.2) is 16.1 Å². The van der Waals surface area contributed by atoms with Gasteiger partial charge in [-0.25, -0.2) is 0 Å². The molecule has 0 aliphatic rings. The lowest BCUT2D eigenvalue weighted by Crippen LogP contribution is -2.14. The maximum absolute atomic E-state index is 10.7. The van der Waals surface area contributed by atoms with Crippen LogP contribution in [0.4, 0.5) is 0 Å². The first-order valence-corrected chi connectivity index (χ1v) is 4.25. The van der Waals surface area contributed by atoms with E-state index in [2.05, 4.69) is 10.2 Å². The van der Waals surface area contributed by atoms with Crippen LogP contribution in [0.1, 0.15) is 5.69 Å². The maximum atomic E-state index is 10.7. The second-order valence-electron chi connectivity index (χ2n) is 3.04. The lowest BCUT2D eigenvalue weighted by molar-refractivity contribution is -0.117. The molecule has 0 fully saturated rings. The quantitative estimate of drug-likeness (QED) is 0.750. The minimum Gasteiger partial charge on any atom is -0.369 e. The molecule has 0 unspecified atom stereocenters. The first kappa shape index (κ1) is 8.62. The van der Waals surface area contributed by atoms with E-state index in [0.29, 0.717) is 5.69 Å². The number of carbonyl (C=O) groups excluding carboxylic acids is 1. The van der Waals surface area contributed by atoms with Crippen molar-refractivity contribution >= 4 is 16.8 Å². The Morgan fingerprint density at radius 1 is 1.29 bits per heavy atom. The summed E-state index contributed by atoms with van der Waals surface area (Å²) in [6, 6.07) is 9.43. The van der Waals surface area contributed by atoms with Crippen molar-refractivity contribution in [3.05, 3.63) is 36.0 Å². The van der Waals surface area contributed by atoms with Crippen LogP contribution in [0, 0.1) is 0 Å². The zero-order valence-electron chi connectivity index (χ0n) is 7.47. The monoisotopic (exact) mass is 187 g/mol. The first-order valence-electron chi connectivity index (χ1n) is 4.25. The van der Waals surface area contributed by atoms with Crippen LogP contribution in [0.3, 0.4) is 0 Å². The molecule has 0 aliphatic carbocycles. The molecular weight excluding hydrogens is 178 g/mol. The third-order valence-electron chi connectivity index (χ3n) is 1.90. The molecule has 2 rings (SSSR count). The fourth-order valence-corrected chi connectivity index (χ4v) is 1.29. The summed E-state index contributed by atoms with van der Waals surface area (Å²) in [5.41, 5.74) is 6.49. The number of hydrogen-bond donors (Lipinski definition) is 1. The summed E-state index contributed by atoms with van der Waals surface area (Å²) in [7, 11) is 0. The van der Waals surface area contributed by atoms with Gasteiger partial charge in [0, 0.05) is 5.39 Å². The number of benzene rings is 1. The molecule has 1 amide bonds. The third kappa shape index (κ3) is 1.69. The predicted molar refractivity (Wildman–Crippen MR) is 52.4 cm³/mol. The molecule has 14 heavy (non-hydrogen) atoms. The van der Waals surface area contributed by atoms with Gasteiger partial charge in [0.25, 0.3) is 0 Å². The largest absolute Gasteiger partial charge is 0.369 e. The Hall–Kier alpha value is -1.97. The Bertz CT molecular complexity index is 482. The second-order valence-corrected chi connectivity index (χ2v) is 3.04. The molecule has 0 aliphatic heterocycles. The molecule has 0 saturated carbocycles. The highest BCUT2D eigenvalue weighted by Crippen LogP contribution is 2.10. The van der Waals surface area contributed by atoms with Gasteiger partial charge in [0.2, 0.25) is 5.91 Å². The summed E-state index contributed by atoms with van der Waals surface area (Å²) in [5, 5.41) is 8.84. The molecule has 0 spiro atoms. The Morgan fingerprint density at radius 2 is 2.07 bits per heavy atom. The SMILES string of the molecule is NC(=O)Cc1cc2ccccc2nn1. The van der Waals surface area contributed by atoms with E-state index >= 15 is 0 Å². The van der Waals surface area contributed by atoms with Gasteiger partial charge in [0.05, 0.1) is 17.6 Å². The number of nitrogens with zero attached hydrogens (tertiary/aromatic N) is 2. The van der Waals surface area contributed by atoms with E-state index in [1.54, 1.807) is 0 Å². The van der Waals surface area contributed by atoms with E-state index in [4.69, 9.17) is 5.73 Å². The van der Waals surface area contributed by atoms with Gasteiger partial charge in [0.15, 0.2) is 0 Å². The summed E-state index contributed by atoms with van der Waals surface area (Å²) in [6.07, 6.45) is 0.137. The fraction of sp³-hybridized carbons (Fsp3) is 0.100. The van der Waals surface area contributed by atoms with Crippen LogP contribution in [-0.2, 0) is 11.2 Å². The van der Waals surface area contributed by atoms with Gasteiger partial charge in [-0.2, -0.15) is 10.2 Å². The molecule has 0 saturated heterocycles. The number of fused-ring (bicyclic) bond motifs is 1. The van der Waals surface area contributed by atoms with Crippen molar-refractivity contribution in [2.75, 3.05) is 0 Å². The van der Waals surface area contributed by atoms with E-state index in [1.807, 2.05) is 30.3 Å². The molecule has 2 aromatic rings. The van der Waals surface area contributed by atoms with Gasteiger partial charge in [0.1, 0.15) is 0 Å². The second kappa shape index (κ2) is 3.41. The van der Waals surface area contributed by atoms with Gasteiger partial charge in [-0.3, -0.25) is 4.79 Å². The molecular formula is C10H9N3O. The summed E-state index contributed by atoms with van der Waals surface area (Å²) < 4.78 is 0. The van der Waals surface area contributed by atoms with Crippen molar-refractivity contribution in [1.82, 2.24) is 10.2 Å². The smallest absolute Gasteiger partial charge is 0.223 e. The van der Waals surface area contributed by atoms with E-state index in [0.717, 1.165) is 10.9 Å². The van der Waals surface area contributed by atoms with Crippen LogP contribution in [0.25, 0.3) is 10.9 Å². The van der Waals surface area contributed by atoms with Crippen molar-refractivity contribution in [3.8, 4) is 0 Å². The number of aromatic nitrogens is 2. The molecule has 2 N–H and O–H groups in total. The Balaban J connectivity index is 2.46. The van der Waals surface area contributed by atoms with Crippen molar-refractivity contribution < 1.29 is 4.79 Å². The minimum atomic E-state index is -0.394. The Morgan fingerprint density at radius 3 is 2.86 bits per heavy atom. The summed E-state index contributed by atoms with van der Waals surface area (Å²) in [5.74, 6) is -0.394. The summed E-state index contributed by atoms with van der Waals surface area (Å²) >= 11 is 0. The zero-order valence-corrected chi connectivity index (χ0v) is 7.47. The van der Waals surface area contributed by atoms with Gasteiger partial charge in [-0.15, -0.1) is 0 Å². The van der Waals surface area contributed by atoms with E-state index in [1.165, 1.54) is 0 Å². The van der Waals surface area contributed by atoms with Crippen LogP contribution >= 0.6 is 0 Å². The fourth-order valence-electron chi connectivity index (χ4n) is 1.29. The number of carbonyl (C=O) groups is 1. The summed E-state index contributed by atoms with van der Waals surface area (Å²) in [4.78, 5) is 10.7. The number of amides is 1. The molecule has 1 aromatic heterocycles. The average molecular weight is 187 g/mol. The van der Waals surface area contributed by atoms with Crippen LogP contribution in [0.5, 0.6) is 0 Å². The number of rotatable bonds is 2. The molecule has 0 bridgehead atoms. The molecule has 0 atom stereocenters. The van der Waals surface area contributed by atoms with E-state index in [-0.39, 0.29) is 6.42 Å². The topological polar surface area (TPSA) is 68.9 Å². The highest BCUT2D eigenvalue weighted by molar-refractivity contribution is 5.80. The lowest BCUT2D eigenvalue weighted by atomic mass is 10.2. The Labute approximate surface area is 80.8 Å². The molecule has 70 valence electrons. The van der Waals surface area contributed by atoms with E-state index < -0.39 is 5.91 Å². The zero-order chi connectivity index (χ0) is 9.97. The third-order valence-corrected chi connectivity index (χ3v) is 1.90. The Kier molecular flexibility index (Phi) is 2.10. The van der Waals surface area contributed by atoms with Gasteiger partial charge >= 0.3 is 0 Å². The molecule has 4 nitrogen and oxygen atoms in total. The number of primary amides is 1. The lowest BCUT2D eigenvalue weighted by Gasteiger charge is -1.98. The van der Waals surface area contributed by atoms with Crippen LogP contribution < -0.4 is 5.73 Å². The average Bonchev–Trinajstić information content (AvgIpc) is 2.17. The van der Waals surface area contributed by atoms with Crippen LogP contribution in [0.15, 0.2) is 30.3 Å². The molecule has 1 heterocycles. The maximum Gasteiger partial charge on any atom is 0.223 e. The van der Waals surface area contributed by atoms with E-state index in [9.17, 15) is 4.79 Å². The van der Waals surface area contributed by atoms with Crippen molar-refractivity contribution in [3.63, 3.8) is 0 Å². The van der Waals surface area contributed by atoms with Gasteiger partial charge in [-0.1, -0.05) is 18.2 Å². The number of hydrogen-bond acceptors (Lipinski definition) is 3. The summed E-state index contributed by atoms with van der Waals surface area (Å²) in [6.45, 7) is 0. The van der Waals surface area contributed by atoms with Crippen molar-refractivity contribution in [2.24, 2.45) is 5.73 Å². The highest BCUT2D eigenvalue weighted by Gasteiger charge is 2.01. The van der Waals surface area contributed by atoms with Crippen molar-refractivity contribution in [1.29, 1.82) is 0 Å². The van der Waals surface area contributed by atoms with Crippen molar-refractivity contribution in [2.45, 2.75) is 6.42 Å². The first-order chi connectivity index (χ1) is 6.75. The standard InChI is InChI=1S/C10H9N3O/c11-10(14)6-8-5-7-3-1-2-4-9(7)13-12-8/h1-5H,6H2,(H2,11,14). The predicted octanol–water partition coefficient (Wildman–Crippen LogP) is 0.658. The normalized spacial score (nSPS) is 10.3. The van der Waals surface area contributed by atoms with Gasteiger partial charge in [-0.05, 0) is 12.1 Å². The highest BCUT2D eigenvalue weighted by atomic mass is 16.1. The number of nitrogens with two attached hydrogens (primary N) is 1. The van der Waals surface area contributed by atoms with Crippen LogP contribution in [0.2, 0.25) is 0 Å². The molecule has 0 radical (unpaired) electrons. The van der Waals surface area contributed by atoms with Gasteiger partial charge < -0.3 is 5.73 Å². The molecule has 4 heteroatoms. The molecule has 1 aromatic carbocycles.